The van der Waals surface area contributed by atoms with Crippen LogP contribution in [0.5, 0.6) is 0 Å². The van der Waals surface area contributed by atoms with Crippen LogP contribution in [0, 0.1) is 0 Å². The Morgan fingerprint density at radius 3 is 2.86 bits per heavy atom. The van der Waals surface area contributed by atoms with Crippen molar-refractivity contribution in [2.75, 3.05) is 12.4 Å². The van der Waals surface area contributed by atoms with Gasteiger partial charge in [-0.15, -0.1) is 0 Å². The molecule has 2 aromatic carbocycles. The molecule has 0 atom stereocenters. The molecule has 1 aliphatic carbocycles. The molecule has 0 spiro atoms. The SMILES string of the molecule is CN(Cc1cccc(C(=O)Nc2ccc3c(c2)CCC3=O)c1)Cc1ccno1. The van der Waals surface area contributed by atoms with Crippen molar-refractivity contribution < 1.29 is 14.1 Å². The van der Waals surface area contributed by atoms with Crippen LogP contribution in [0.1, 0.15) is 44.0 Å². The summed E-state index contributed by atoms with van der Waals surface area (Å²) in [6, 6.07) is 14.9. The molecule has 6 nitrogen and oxygen atoms in total. The standard InChI is InChI=1S/C22H21N3O3/c1-25(14-19-9-10-23-28-19)13-15-3-2-4-17(11-15)22(27)24-18-6-7-20-16(12-18)5-8-21(20)26/h2-4,6-7,9-12H,5,8,13-14H2,1H3,(H,24,27). The summed E-state index contributed by atoms with van der Waals surface area (Å²) < 4.78 is 5.13. The first-order valence-electron chi connectivity index (χ1n) is 9.23. The van der Waals surface area contributed by atoms with Crippen molar-refractivity contribution in [3.05, 3.63) is 82.7 Å². The first kappa shape index (κ1) is 18.1. The molecule has 0 bridgehead atoms. The van der Waals surface area contributed by atoms with E-state index in [9.17, 15) is 9.59 Å². The maximum absolute atomic E-state index is 12.7. The van der Waals surface area contributed by atoms with Gasteiger partial charge in [0.2, 0.25) is 0 Å². The number of carbonyl (C=O) groups excluding carboxylic acids is 2. The van der Waals surface area contributed by atoms with Gasteiger partial charge < -0.3 is 9.84 Å². The molecule has 0 fully saturated rings. The molecule has 0 radical (unpaired) electrons. The molecule has 142 valence electrons. The van der Waals surface area contributed by atoms with Crippen LogP contribution in [-0.4, -0.2) is 28.8 Å². The molecule has 1 amide bonds. The molecule has 1 aromatic heterocycles. The molecule has 1 N–H and O–H groups in total. The fourth-order valence-electron chi connectivity index (χ4n) is 3.50. The highest BCUT2D eigenvalue weighted by Crippen LogP contribution is 2.25. The third kappa shape index (κ3) is 4.02. The number of hydrogen-bond donors (Lipinski definition) is 1. The molecule has 0 saturated heterocycles. The van der Waals surface area contributed by atoms with E-state index in [1.165, 1.54) is 0 Å². The van der Waals surface area contributed by atoms with E-state index in [1.807, 2.05) is 37.4 Å². The largest absolute Gasteiger partial charge is 0.360 e. The van der Waals surface area contributed by atoms with Crippen LogP contribution in [0.3, 0.4) is 0 Å². The fourth-order valence-corrected chi connectivity index (χ4v) is 3.50. The van der Waals surface area contributed by atoms with Crippen LogP contribution in [0.4, 0.5) is 5.69 Å². The summed E-state index contributed by atoms with van der Waals surface area (Å²) in [6.45, 7) is 1.33. The van der Waals surface area contributed by atoms with Gasteiger partial charge in [0, 0.05) is 35.8 Å². The van der Waals surface area contributed by atoms with E-state index in [4.69, 9.17) is 4.52 Å². The van der Waals surface area contributed by atoms with Gasteiger partial charge in [-0.05, 0) is 54.9 Å². The zero-order valence-electron chi connectivity index (χ0n) is 15.6. The Labute approximate surface area is 163 Å². The number of aromatic nitrogens is 1. The van der Waals surface area contributed by atoms with Crippen molar-refractivity contribution in [1.82, 2.24) is 10.1 Å². The summed E-state index contributed by atoms with van der Waals surface area (Å²) in [5.41, 5.74) is 4.13. The first-order chi connectivity index (χ1) is 13.6. The van der Waals surface area contributed by atoms with Gasteiger partial charge in [0.25, 0.3) is 5.91 Å². The number of aryl methyl sites for hydroxylation is 1. The molecule has 0 aliphatic heterocycles. The predicted octanol–water partition coefficient (Wildman–Crippen LogP) is 3.69. The predicted molar refractivity (Wildman–Crippen MR) is 105 cm³/mol. The molecule has 6 heteroatoms. The van der Waals surface area contributed by atoms with Crippen LogP contribution in [0.25, 0.3) is 0 Å². The number of ketones is 1. The summed E-state index contributed by atoms with van der Waals surface area (Å²) in [4.78, 5) is 26.5. The van der Waals surface area contributed by atoms with Crippen molar-refractivity contribution in [2.45, 2.75) is 25.9 Å². The van der Waals surface area contributed by atoms with E-state index < -0.39 is 0 Å². The van der Waals surface area contributed by atoms with E-state index >= 15 is 0 Å². The summed E-state index contributed by atoms with van der Waals surface area (Å²) >= 11 is 0. The number of nitrogens with one attached hydrogen (secondary N) is 1. The second-order valence-corrected chi connectivity index (χ2v) is 7.10. The number of Topliss-reactive ketones (excluding diaryl/α,β-unsaturated/α-hetero) is 1. The molecule has 0 unspecified atom stereocenters. The number of carbonyl (C=O) groups is 2. The Morgan fingerprint density at radius 1 is 1.14 bits per heavy atom. The molecule has 4 rings (SSSR count). The summed E-state index contributed by atoms with van der Waals surface area (Å²) in [6.07, 6.45) is 2.92. The molecular weight excluding hydrogens is 354 g/mol. The lowest BCUT2D eigenvalue weighted by atomic mass is 10.1. The van der Waals surface area contributed by atoms with Gasteiger partial charge in [-0.1, -0.05) is 17.3 Å². The second-order valence-electron chi connectivity index (χ2n) is 7.10. The highest BCUT2D eigenvalue weighted by Gasteiger charge is 2.19. The minimum absolute atomic E-state index is 0.163. The number of rotatable bonds is 6. The quantitative estimate of drug-likeness (QED) is 0.711. The maximum atomic E-state index is 12.7. The Morgan fingerprint density at radius 2 is 2.04 bits per heavy atom. The Hall–Kier alpha value is -3.25. The Balaban J connectivity index is 1.42. The molecule has 28 heavy (non-hydrogen) atoms. The van der Waals surface area contributed by atoms with Crippen molar-refractivity contribution in [3.63, 3.8) is 0 Å². The van der Waals surface area contributed by atoms with E-state index in [-0.39, 0.29) is 11.7 Å². The van der Waals surface area contributed by atoms with Crippen LogP contribution < -0.4 is 5.32 Å². The van der Waals surface area contributed by atoms with Crippen molar-refractivity contribution >= 4 is 17.4 Å². The minimum atomic E-state index is -0.163. The smallest absolute Gasteiger partial charge is 0.255 e. The average Bonchev–Trinajstić information content (AvgIpc) is 3.32. The van der Waals surface area contributed by atoms with Crippen molar-refractivity contribution in [3.8, 4) is 0 Å². The van der Waals surface area contributed by atoms with Crippen LogP contribution >= 0.6 is 0 Å². The Bertz CT molecular complexity index is 1010. The van der Waals surface area contributed by atoms with Crippen LogP contribution in [0.2, 0.25) is 0 Å². The zero-order chi connectivity index (χ0) is 19.5. The third-order valence-electron chi connectivity index (χ3n) is 4.84. The van der Waals surface area contributed by atoms with E-state index in [1.54, 1.807) is 24.4 Å². The van der Waals surface area contributed by atoms with Gasteiger partial charge in [-0.2, -0.15) is 0 Å². The lowest BCUT2D eigenvalue weighted by Crippen LogP contribution is -2.18. The van der Waals surface area contributed by atoms with Crippen LogP contribution in [0.15, 0.2) is 59.3 Å². The number of anilines is 1. The highest BCUT2D eigenvalue weighted by atomic mass is 16.5. The molecular formula is C22H21N3O3. The van der Waals surface area contributed by atoms with E-state index in [0.29, 0.717) is 30.8 Å². The third-order valence-corrected chi connectivity index (χ3v) is 4.84. The van der Waals surface area contributed by atoms with Gasteiger partial charge in [0.05, 0.1) is 12.7 Å². The topological polar surface area (TPSA) is 75.4 Å². The maximum Gasteiger partial charge on any atom is 0.255 e. The van der Waals surface area contributed by atoms with Gasteiger partial charge in [-0.25, -0.2) is 0 Å². The van der Waals surface area contributed by atoms with E-state index in [2.05, 4.69) is 15.4 Å². The number of fused-ring (bicyclic) bond motifs is 1. The first-order valence-corrected chi connectivity index (χ1v) is 9.23. The summed E-state index contributed by atoms with van der Waals surface area (Å²) in [5, 5.41) is 6.64. The van der Waals surface area contributed by atoms with Gasteiger partial charge >= 0.3 is 0 Å². The number of nitrogens with zero attached hydrogens (tertiary/aromatic N) is 2. The van der Waals surface area contributed by atoms with Crippen molar-refractivity contribution in [2.24, 2.45) is 0 Å². The lowest BCUT2D eigenvalue weighted by molar-refractivity contribution is 0.0992. The minimum Gasteiger partial charge on any atom is -0.360 e. The monoisotopic (exact) mass is 375 g/mol. The van der Waals surface area contributed by atoms with Gasteiger partial charge in [-0.3, -0.25) is 14.5 Å². The average molecular weight is 375 g/mol. The fraction of sp³-hybridized carbons (Fsp3) is 0.227. The normalized spacial score (nSPS) is 13.0. The number of hydrogen-bond acceptors (Lipinski definition) is 5. The van der Waals surface area contributed by atoms with Gasteiger partial charge in [0.15, 0.2) is 11.5 Å². The number of amides is 1. The Kier molecular flexibility index (Phi) is 5.04. The molecule has 1 aliphatic rings. The summed E-state index contributed by atoms with van der Waals surface area (Å²) in [5.74, 6) is 0.811. The molecule has 1 heterocycles. The highest BCUT2D eigenvalue weighted by molar-refractivity contribution is 6.05. The summed E-state index contributed by atoms with van der Waals surface area (Å²) in [7, 11) is 1.99. The van der Waals surface area contributed by atoms with Gasteiger partial charge in [0.1, 0.15) is 0 Å². The van der Waals surface area contributed by atoms with Crippen molar-refractivity contribution in [1.29, 1.82) is 0 Å². The molecule has 3 aromatic rings. The van der Waals surface area contributed by atoms with E-state index in [0.717, 1.165) is 28.9 Å². The molecule has 0 saturated carbocycles. The zero-order valence-corrected chi connectivity index (χ0v) is 15.6. The van der Waals surface area contributed by atoms with Crippen LogP contribution in [-0.2, 0) is 19.5 Å². The number of benzene rings is 2. The second kappa shape index (κ2) is 7.78. The lowest BCUT2D eigenvalue weighted by Gasteiger charge is -2.15.